The zero-order chi connectivity index (χ0) is 14.9. The normalized spacial score (nSPS) is 10.6. The number of imidazole rings is 1. The predicted octanol–water partition coefficient (Wildman–Crippen LogP) is 2.88. The quantitative estimate of drug-likeness (QED) is 0.486. The van der Waals surface area contributed by atoms with Gasteiger partial charge in [0.15, 0.2) is 10.4 Å². The van der Waals surface area contributed by atoms with Gasteiger partial charge in [-0.25, -0.2) is 4.39 Å². The number of hydrogen-bond acceptors (Lipinski definition) is 4. The lowest BCUT2D eigenvalue weighted by Crippen LogP contribution is -2.12. The number of hydrogen-bond donors (Lipinski definition) is 0. The van der Waals surface area contributed by atoms with E-state index in [2.05, 4.69) is 20.9 Å². The van der Waals surface area contributed by atoms with E-state index in [4.69, 9.17) is 0 Å². The molecule has 1 heterocycles. The fourth-order valence-electron chi connectivity index (χ4n) is 1.69. The molecule has 0 atom stereocenters. The summed E-state index contributed by atoms with van der Waals surface area (Å²) in [6, 6.07) is 5.11. The van der Waals surface area contributed by atoms with Crippen molar-refractivity contribution in [2.75, 3.05) is 0 Å². The number of benzene rings is 1. The topological polar surface area (TPSA) is 78.0 Å². The van der Waals surface area contributed by atoms with E-state index >= 15 is 0 Å². The number of aromatic nitrogens is 2. The third-order valence-corrected chi connectivity index (χ3v) is 3.50. The molecule has 0 spiro atoms. The van der Waals surface area contributed by atoms with Crippen LogP contribution in [-0.4, -0.2) is 20.3 Å². The van der Waals surface area contributed by atoms with Crippen LogP contribution in [-0.2, 0) is 6.54 Å². The Bertz CT molecular complexity index is 682. The van der Waals surface area contributed by atoms with Gasteiger partial charge in [0.05, 0.1) is 6.54 Å². The van der Waals surface area contributed by atoms with Crippen molar-refractivity contribution in [1.82, 2.24) is 9.55 Å². The van der Waals surface area contributed by atoms with Gasteiger partial charge < -0.3 is 10.1 Å². The number of rotatable bonds is 4. The van der Waals surface area contributed by atoms with Crippen molar-refractivity contribution in [3.05, 3.63) is 56.2 Å². The minimum absolute atomic E-state index is 0.112. The molecular formula is C12H9BrFN3O3. The van der Waals surface area contributed by atoms with Crippen LogP contribution in [0.3, 0.4) is 0 Å². The second-order valence-electron chi connectivity index (χ2n) is 4.05. The van der Waals surface area contributed by atoms with Gasteiger partial charge in [0.2, 0.25) is 5.82 Å². The summed E-state index contributed by atoms with van der Waals surface area (Å²) in [5, 5.41) is 10.8. The second kappa shape index (κ2) is 5.49. The fourth-order valence-corrected chi connectivity index (χ4v) is 2.31. The predicted molar refractivity (Wildman–Crippen MR) is 72.0 cm³/mol. The highest BCUT2D eigenvalue weighted by atomic mass is 79.9. The van der Waals surface area contributed by atoms with Crippen molar-refractivity contribution in [1.29, 1.82) is 0 Å². The van der Waals surface area contributed by atoms with Crippen molar-refractivity contribution in [2.24, 2.45) is 0 Å². The second-order valence-corrected chi connectivity index (χ2v) is 4.80. The van der Waals surface area contributed by atoms with Gasteiger partial charge in [0.25, 0.3) is 0 Å². The number of carbonyl (C=O) groups excluding carboxylic acids is 1. The van der Waals surface area contributed by atoms with Crippen molar-refractivity contribution >= 4 is 27.5 Å². The van der Waals surface area contributed by atoms with Gasteiger partial charge in [-0.2, -0.15) is 0 Å². The Morgan fingerprint density at radius 1 is 1.45 bits per heavy atom. The van der Waals surface area contributed by atoms with Crippen molar-refractivity contribution in [3.63, 3.8) is 0 Å². The average molecular weight is 342 g/mol. The number of ketones is 1. The molecule has 20 heavy (non-hydrogen) atoms. The fraction of sp³-hybridized carbons (Fsp3) is 0.167. The van der Waals surface area contributed by atoms with Crippen LogP contribution in [0.15, 0.2) is 28.9 Å². The minimum Gasteiger partial charge on any atom is -0.358 e. The molecule has 0 aliphatic carbocycles. The summed E-state index contributed by atoms with van der Waals surface area (Å²) in [6.07, 6.45) is 0. The Morgan fingerprint density at radius 2 is 2.05 bits per heavy atom. The van der Waals surface area contributed by atoms with Gasteiger partial charge in [-0.1, -0.05) is 0 Å². The number of carbonyl (C=O) groups is 1. The maximum atomic E-state index is 12.8. The van der Waals surface area contributed by atoms with E-state index in [1.807, 2.05) is 0 Å². The molecule has 0 saturated carbocycles. The van der Waals surface area contributed by atoms with Crippen LogP contribution < -0.4 is 0 Å². The van der Waals surface area contributed by atoms with E-state index < -0.39 is 10.7 Å². The lowest BCUT2D eigenvalue weighted by atomic mass is 10.1. The molecule has 1 aromatic carbocycles. The summed E-state index contributed by atoms with van der Waals surface area (Å²) in [5.41, 5.74) is 0.328. The maximum absolute atomic E-state index is 12.8. The molecular weight excluding hydrogens is 333 g/mol. The molecule has 0 aliphatic rings. The molecule has 0 fully saturated rings. The SMILES string of the molecule is Cc1nc([N+](=O)[O-])c(Br)n1CC(=O)c1ccc(F)cc1. The average Bonchev–Trinajstić information content (AvgIpc) is 2.67. The zero-order valence-electron chi connectivity index (χ0n) is 10.3. The Balaban J connectivity index is 2.28. The van der Waals surface area contributed by atoms with Crippen LogP contribution in [0.4, 0.5) is 10.2 Å². The van der Waals surface area contributed by atoms with Crippen LogP contribution >= 0.6 is 15.9 Å². The molecule has 2 aromatic rings. The summed E-state index contributed by atoms with van der Waals surface area (Å²) in [4.78, 5) is 25.9. The Morgan fingerprint density at radius 3 is 2.55 bits per heavy atom. The molecule has 6 nitrogen and oxygen atoms in total. The van der Waals surface area contributed by atoms with Crippen LogP contribution in [0.2, 0.25) is 0 Å². The number of aryl methyl sites for hydroxylation is 1. The summed E-state index contributed by atoms with van der Waals surface area (Å²) in [5.74, 6) is -0.716. The summed E-state index contributed by atoms with van der Waals surface area (Å²) >= 11 is 3.06. The number of nitro groups is 1. The molecule has 0 bridgehead atoms. The van der Waals surface area contributed by atoms with Gasteiger partial charge in [-0.15, -0.1) is 0 Å². The van der Waals surface area contributed by atoms with Crippen LogP contribution in [0, 0.1) is 22.9 Å². The Kier molecular flexibility index (Phi) is 3.93. The molecule has 0 N–H and O–H groups in total. The first-order chi connectivity index (χ1) is 9.40. The van der Waals surface area contributed by atoms with Gasteiger partial charge in [0.1, 0.15) is 5.82 Å². The third kappa shape index (κ3) is 2.74. The first kappa shape index (κ1) is 14.3. The molecule has 0 saturated heterocycles. The van der Waals surface area contributed by atoms with E-state index in [9.17, 15) is 19.3 Å². The van der Waals surface area contributed by atoms with Crippen molar-refractivity contribution < 1.29 is 14.1 Å². The molecule has 104 valence electrons. The highest BCUT2D eigenvalue weighted by molar-refractivity contribution is 9.10. The first-order valence-corrected chi connectivity index (χ1v) is 6.35. The zero-order valence-corrected chi connectivity index (χ0v) is 11.9. The van der Waals surface area contributed by atoms with E-state index in [1.54, 1.807) is 6.92 Å². The smallest absolute Gasteiger partial charge is 0.358 e. The number of nitrogens with zero attached hydrogens (tertiary/aromatic N) is 3. The maximum Gasteiger partial charge on any atom is 0.396 e. The van der Waals surface area contributed by atoms with E-state index in [0.717, 1.165) is 0 Å². The summed E-state index contributed by atoms with van der Waals surface area (Å²) in [7, 11) is 0. The summed E-state index contributed by atoms with van der Waals surface area (Å²) < 4.78 is 14.3. The lowest BCUT2D eigenvalue weighted by Gasteiger charge is -2.04. The number of Topliss-reactive ketones (excluding diaryl/α,β-unsaturated/α-hetero) is 1. The van der Waals surface area contributed by atoms with E-state index in [0.29, 0.717) is 11.4 Å². The van der Waals surface area contributed by atoms with E-state index in [-0.39, 0.29) is 22.7 Å². The molecule has 0 unspecified atom stereocenters. The lowest BCUT2D eigenvalue weighted by molar-refractivity contribution is -0.390. The molecule has 2 rings (SSSR count). The third-order valence-electron chi connectivity index (χ3n) is 2.72. The van der Waals surface area contributed by atoms with Gasteiger partial charge in [0, 0.05) is 12.5 Å². The largest absolute Gasteiger partial charge is 0.396 e. The van der Waals surface area contributed by atoms with Crippen LogP contribution in [0.5, 0.6) is 0 Å². The monoisotopic (exact) mass is 341 g/mol. The van der Waals surface area contributed by atoms with Gasteiger partial charge in [-0.3, -0.25) is 9.36 Å². The molecule has 0 amide bonds. The first-order valence-electron chi connectivity index (χ1n) is 5.56. The number of halogens is 2. The Hall–Kier alpha value is -2.09. The van der Waals surface area contributed by atoms with Crippen LogP contribution in [0.25, 0.3) is 0 Å². The Labute approximate surface area is 121 Å². The molecule has 0 radical (unpaired) electrons. The minimum atomic E-state index is -0.629. The van der Waals surface area contributed by atoms with Crippen LogP contribution in [0.1, 0.15) is 16.2 Å². The molecule has 8 heteroatoms. The molecule has 0 aliphatic heterocycles. The summed E-state index contributed by atoms with van der Waals surface area (Å²) in [6.45, 7) is 1.45. The van der Waals surface area contributed by atoms with Gasteiger partial charge >= 0.3 is 5.82 Å². The molecule has 1 aromatic heterocycles. The highest BCUT2D eigenvalue weighted by Crippen LogP contribution is 2.25. The van der Waals surface area contributed by atoms with Crippen molar-refractivity contribution in [3.8, 4) is 0 Å². The van der Waals surface area contributed by atoms with Gasteiger partial charge in [-0.05, 0) is 50.1 Å². The standard InChI is InChI=1S/C12H9BrFN3O3/c1-7-15-12(17(19)20)11(13)16(7)6-10(18)8-2-4-9(14)5-3-8/h2-5H,6H2,1H3. The highest BCUT2D eigenvalue weighted by Gasteiger charge is 2.24. The van der Waals surface area contributed by atoms with E-state index in [1.165, 1.54) is 28.8 Å². The van der Waals surface area contributed by atoms with Crippen molar-refractivity contribution in [2.45, 2.75) is 13.5 Å².